The van der Waals surface area contributed by atoms with Crippen LogP contribution in [-0.2, 0) is 6.54 Å². The van der Waals surface area contributed by atoms with Gasteiger partial charge in [0, 0.05) is 31.7 Å². The molecule has 2 fully saturated rings. The van der Waals surface area contributed by atoms with Crippen molar-refractivity contribution < 1.29 is 0 Å². The number of nitrogens with zero attached hydrogens (tertiary/aromatic N) is 2. The second-order valence-corrected chi connectivity index (χ2v) is 6.99. The Morgan fingerprint density at radius 3 is 2.52 bits per heavy atom. The molecule has 1 saturated heterocycles. The molecule has 1 aromatic carbocycles. The molecule has 3 rings (SSSR count). The molecule has 116 valence electrons. The van der Waals surface area contributed by atoms with Crippen molar-refractivity contribution in [2.45, 2.75) is 44.3 Å². The lowest BCUT2D eigenvalue weighted by atomic mass is 10.0. The molecule has 0 unspecified atom stereocenters. The molecule has 1 saturated carbocycles. The maximum absolute atomic E-state index is 6.51. The lowest BCUT2D eigenvalue weighted by molar-refractivity contribution is 0.249. The first-order valence-electron chi connectivity index (χ1n) is 8.07. The Morgan fingerprint density at radius 1 is 1.19 bits per heavy atom. The smallest absolute Gasteiger partial charge is 0.0642 e. The first-order valence-corrected chi connectivity index (χ1v) is 8.45. The summed E-state index contributed by atoms with van der Waals surface area (Å²) in [5.41, 5.74) is 2.60. The van der Waals surface area contributed by atoms with Crippen LogP contribution in [0.1, 0.15) is 31.2 Å². The number of piperidine rings is 1. The van der Waals surface area contributed by atoms with E-state index >= 15 is 0 Å². The first-order chi connectivity index (χ1) is 10.1. The van der Waals surface area contributed by atoms with Gasteiger partial charge in [-0.25, -0.2) is 0 Å². The van der Waals surface area contributed by atoms with Crippen LogP contribution in [0.4, 0.5) is 5.69 Å². The van der Waals surface area contributed by atoms with Gasteiger partial charge in [-0.05, 0) is 51.4 Å². The molecule has 4 heteroatoms. The van der Waals surface area contributed by atoms with Gasteiger partial charge in [0.15, 0.2) is 0 Å². The van der Waals surface area contributed by atoms with Crippen LogP contribution < -0.4 is 10.2 Å². The van der Waals surface area contributed by atoms with Crippen molar-refractivity contribution in [3.8, 4) is 0 Å². The number of hydrogen-bond acceptors (Lipinski definition) is 3. The van der Waals surface area contributed by atoms with E-state index in [1.165, 1.54) is 36.9 Å². The average Bonchev–Trinajstić information content (AvgIpc) is 3.29. The van der Waals surface area contributed by atoms with Gasteiger partial charge in [-0.1, -0.05) is 23.7 Å². The largest absolute Gasteiger partial charge is 0.370 e. The van der Waals surface area contributed by atoms with Crippen LogP contribution in [0, 0.1) is 0 Å². The quantitative estimate of drug-likeness (QED) is 0.901. The fourth-order valence-corrected chi connectivity index (χ4v) is 3.52. The van der Waals surface area contributed by atoms with Crippen molar-refractivity contribution >= 4 is 17.3 Å². The van der Waals surface area contributed by atoms with Crippen LogP contribution in [0.25, 0.3) is 0 Å². The van der Waals surface area contributed by atoms with Crippen molar-refractivity contribution in [1.82, 2.24) is 10.2 Å². The van der Waals surface area contributed by atoms with Crippen molar-refractivity contribution in [2.75, 3.05) is 32.1 Å². The zero-order chi connectivity index (χ0) is 14.8. The molecule has 0 atom stereocenters. The van der Waals surface area contributed by atoms with Gasteiger partial charge >= 0.3 is 0 Å². The van der Waals surface area contributed by atoms with Gasteiger partial charge in [-0.2, -0.15) is 0 Å². The van der Waals surface area contributed by atoms with E-state index < -0.39 is 0 Å². The fourth-order valence-electron chi connectivity index (χ4n) is 3.20. The molecule has 1 aliphatic carbocycles. The molecule has 1 aliphatic heterocycles. The summed E-state index contributed by atoms with van der Waals surface area (Å²) < 4.78 is 0. The van der Waals surface area contributed by atoms with Crippen LogP contribution in [0.3, 0.4) is 0 Å². The minimum Gasteiger partial charge on any atom is -0.370 e. The zero-order valence-corrected chi connectivity index (χ0v) is 13.9. The van der Waals surface area contributed by atoms with Gasteiger partial charge in [0.05, 0.1) is 10.7 Å². The van der Waals surface area contributed by atoms with Gasteiger partial charge in [0.2, 0.25) is 0 Å². The second kappa shape index (κ2) is 6.55. The molecule has 0 bridgehead atoms. The normalized spacial score (nSPS) is 20.3. The SMILES string of the molecule is CN(C)C1CCN(c2c(Cl)cccc2CNC2CC2)CC1. The van der Waals surface area contributed by atoms with Gasteiger partial charge in [-0.3, -0.25) is 0 Å². The van der Waals surface area contributed by atoms with Crippen molar-refractivity contribution in [3.05, 3.63) is 28.8 Å². The fraction of sp³-hybridized carbons (Fsp3) is 0.647. The van der Waals surface area contributed by atoms with Gasteiger partial charge < -0.3 is 15.1 Å². The summed E-state index contributed by atoms with van der Waals surface area (Å²) >= 11 is 6.51. The number of para-hydroxylation sites is 1. The summed E-state index contributed by atoms with van der Waals surface area (Å²) in [7, 11) is 4.36. The van der Waals surface area contributed by atoms with E-state index in [0.717, 1.165) is 30.7 Å². The van der Waals surface area contributed by atoms with E-state index in [-0.39, 0.29) is 0 Å². The minimum atomic E-state index is 0.705. The topological polar surface area (TPSA) is 18.5 Å². The molecule has 0 aromatic heterocycles. The van der Waals surface area contributed by atoms with E-state index in [0.29, 0.717) is 6.04 Å². The summed E-state index contributed by atoms with van der Waals surface area (Å²) in [5, 5.41) is 4.51. The highest BCUT2D eigenvalue weighted by atomic mass is 35.5. The predicted octanol–water partition coefficient (Wildman–Crippen LogP) is 3.12. The Balaban J connectivity index is 1.71. The molecular formula is C17H26ClN3. The summed E-state index contributed by atoms with van der Waals surface area (Å²) in [6.45, 7) is 3.14. The number of hydrogen-bond donors (Lipinski definition) is 1. The molecule has 1 heterocycles. The van der Waals surface area contributed by atoms with Gasteiger partial charge in [-0.15, -0.1) is 0 Å². The van der Waals surface area contributed by atoms with E-state index in [2.05, 4.69) is 41.3 Å². The Kier molecular flexibility index (Phi) is 4.72. The van der Waals surface area contributed by atoms with Crippen LogP contribution in [0.2, 0.25) is 5.02 Å². The van der Waals surface area contributed by atoms with E-state index in [1.807, 2.05) is 6.07 Å². The first kappa shape index (κ1) is 15.1. The number of rotatable bonds is 5. The van der Waals surface area contributed by atoms with Crippen LogP contribution in [0.15, 0.2) is 18.2 Å². The molecule has 2 aliphatic rings. The molecule has 0 radical (unpaired) electrons. The van der Waals surface area contributed by atoms with E-state index in [4.69, 9.17) is 11.6 Å². The predicted molar refractivity (Wildman–Crippen MR) is 90.2 cm³/mol. The molecule has 21 heavy (non-hydrogen) atoms. The van der Waals surface area contributed by atoms with Gasteiger partial charge in [0.25, 0.3) is 0 Å². The molecule has 1 N–H and O–H groups in total. The van der Waals surface area contributed by atoms with E-state index in [9.17, 15) is 0 Å². The van der Waals surface area contributed by atoms with Gasteiger partial charge in [0.1, 0.15) is 0 Å². The maximum atomic E-state index is 6.51. The lowest BCUT2D eigenvalue weighted by Gasteiger charge is -2.37. The maximum Gasteiger partial charge on any atom is 0.0642 e. The molecule has 1 aromatic rings. The highest BCUT2D eigenvalue weighted by Gasteiger charge is 2.25. The highest BCUT2D eigenvalue weighted by Crippen LogP contribution is 2.33. The minimum absolute atomic E-state index is 0.705. The van der Waals surface area contributed by atoms with Crippen molar-refractivity contribution in [1.29, 1.82) is 0 Å². The molecule has 3 nitrogen and oxygen atoms in total. The summed E-state index contributed by atoms with van der Waals surface area (Å²) in [4.78, 5) is 4.83. The summed E-state index contributed by atoms with van der Waals surface area (Å²) in [5.74, 6) is 0. The molecule has 0 spiro atoms. The van der Waals surface area contributed by atoms with Crippen LogP contribution in [0.5, 0.6) is 0 Å². The Hall–Kier alpha value is -0.770. The third-order valence-electron chi connectivity index (χ3n) is 4.74. The number of anilines is 1. The second-order valence-electron chi connectivity index (χ2n) is 6.58. The Bertz CT molecular complexity index is 477. The number of halogens is 1. The lowest BCUT2D eigenvalue weighted by Crippen LogP contribution is -2.42. The molecular weight excluding hydrogens is 282 g/mol. The number of benzene rings is 1. The third kappa shape index (κ3) is 3.71. The van der Waals surface area contributed by atoms with Crippen molar-refractivity contribution in [3.63, 3.8) is 0 Å². The Labute approximate surface area is 133 Å². The number of nitrogens with one attached hydrogen (secondary N) is 1. The van der Waals surface area contributed by atoms with Crippen LogP contribution >= 0.6 is 11.6 Å². The summed E-state index contributed by atoms with van der Waals surface area (Å²) in [6, 6.07) is 7.75. The summed E-state index contributed by atoms with van der Waals surface area (Å²) in [6.07, 6.45) is 5.08. The average molecular weight is 308 g/mol. The molecule has 0 amide bonds. The van der Waals surface area contributed by atoms with E-state index in [1.54, 1.807) is 0 Å². The Morgan fingerprint density at radius 2 is 1.90 bits per heavy atom. The zero-order valence-electron chi connectivity index (χ0n) is 13.1. The van der Waals surface area contributed by atoms with Crippen molar-refractivity contribution in [2.24, 2.45) is 0 Å². The monoisotopic (exact) mass is 307 g/mol. The standard InChI is InChI=1S/C17H26ClN3/c1-20(2)15-8-10-21(11-9-15)17-13(4-3-5-16(17)18)12-19-14-6-7-14/h3-5,14-15,19H,6-12H2,1-2H3. The van der Waals surface area contributed by atoms with Crippen LogP contribution in [-0.4, -0.2) is 44.2 Å². The third-order valence-corrected chi connectivity index (χ3v) is 5.04. The highest BCUT2D eigenvalue weighted by molar-refractivity contribution is 6.33.